The van der Waals surface area contributed by atoms with E-state index in [4.69, 9.17) is 4.74 Å². The summed E-state index contributed by atoms with van der Waals surface area (Å²) >= 11 is 0. The fraction of sp³-hybridized carbons (Fsp3) is 0.625. The summed E-state index contributed by atoms with van der Waals surface area (Å²) in [5.41, 5.74) is 3.00. The normalized spacial score (nSPS) is 13.9. The van der Waals surface area contributed by atoms with Crippen molar-refractivity contribution in [2.45, 2.75) is 39.5 Å². The second kappa shape index (κ2) is 6.79. The van der Waals surface area contributed by atoms with Gasteiger partial charge in [0.1, 0.15) is 12.4 Å². The maximum Gasteiger partial charge on any atom is 0.119 e. The Balaban J connectivity index is 1.65. The fourth-order valence-electron chi connectivity index (χ4n) is 2.39. The lowest BCUT2D eigenvalue weighted by Crippen LogP contribution is -2.23. The highest BCUT2D eigenvalue weighted by Crippen LogP contribution is 2.25. The van der Waals surface area contributed by atoms with Gasteiger partial charge in [-0.3, -0.25) is 0 Å². The Kier molecular flexibility index (Phi) is 5.06. The van der Waals surface area contributed by atoms with E-state index >= 15 is 0 Å². The molecule has 0 radical (unpaired) electrons. The first-order chi connectivity index (χ1) is 8.75. The third-order valence-corrected chi connectivity index (χ3v) is 3.52. The number of ether oxygens (including phenoxy) is 1. The Morgan fingerprint density at radius 1 is 1.17 bits per heavy atom. The Labute approximate surface area is 111 Å². The SMILES string of the molecule is CC(C)CCNCCOc1ccc2c(c1)CCC2. The number of hydrogen-bond donors (Lipinski definition) is 1. The van der Waals surface area contributed by atoms with E-state index < -0.39 is 0 Å². The summed E-state index contributed by atoms with van der Waals surface area (Å²) in [6.45, 7) is 7.29. The highest BCUT2D eigenvalue weighted by molar-refractivity contribution is 5.38. The molecule has 0 aliphatic heterocycles. The zero-order valence-electron chi connectivity index (χ0n) is 11.7. The van der Waals surface area contributed by atoms with E-state index in [1.165, 1.54) is 36.8 Å². The van der Waals surface area contributed by atoms with Crippen molar-refractivity contribution in [1.29, 1.82) is 0 Å². The van der Waals surface area contributed by atoms with Gasteiger partial charge >= 0.3 is 0 Å². The number of aryl methyl sites for hydroxylation is 2. The molecule has 0 unspecified atom stereocenters. The molecule has 1 aliphatic carbocycles. The smallest absolute Gasteiger partial charge is 0.119 e. The molecule has 1 aromatic carbocycles. The zero-order valence-corrected chi connectivity index (χ0v) is 11.7. The largest absolute Gasteiger partial charge is 0.492 e. The van der Waals surface area contributed by atoms with Crippen molar-refractivity contribution in [3.63, 3.8) is 0 Å². The molecule has 1 aliphatic rings. The number of rotatable bonds is 7. The first-order valence-corrected chi connectivity index (χ1v) is 7.21. The van der Waals surface area contributed by atoms with Crippen molar-refractivity contribution >= 4 is 0 Å². The molecule has 0 fully saturated rings. The van der Waals surface area contributed by atoms with Crippen LogP contribution in [0.25, 0.3) is 0 Å². The third kappa shape index (κ3) is 4.02. The van der Waals surface area contributed by atoms with Gasteiger partial charge in [0.25, 0.3) is 0 Å². The molecule has 0 atom stereocenters. The summed E-state index contributed by atoms with van der Waals surface area (Å²) in [7, 11) is 0. The van der Waals surface area contributed by atoms with Gasteiger partial charge in [0.15, 0.2) is 0 Å². The van der Waals surface area contributed by atoms with E-state index in [-0.39, 0.29) is 0 Å². The Morgan fingerprint density at radius 2 is 2.00 bits per heavy atom. The summed E-state index contributed by atoms with van der Waals surface area (Å²) in [6.07, 6.45) is 5.00. The maximum absolute atomic E-state index is 5.78. The molecular formula is C16H25NO. The van der Waals surface area contributed by atoms with E-state index in [1.54, 1.807) is 0 Å². The highest BCUT2D eigenvalue weighted by Gasteiger charge is 2.10. The molecule has 0 heterocycles. The molecule has 1 N–H and O–H groups in total. The molecule has 2 nitrogen and oxygen atoms in total. The number of benzene rings is 1. The van der Waals surface area contributed by atoms with Crippen LogP contribution in [0.4, 0.5) is 0 Å². The average molecular weight is 247 g/mol. The molecule has 2 rings (SSSR count). The highest BCUT2D eigenvalue weighted by atomic mass is 16.5. The lowest BCUT2D eigenvalue weighted by Gasteiger charge is -2.10. The zero-order chi connectivity index (χ0) is 12.8. The van der Waals surface area contributed by atoms with Crippen molar-refractivity contribution in [3.8, 4) is 5.75 Å². The van der Waals surface area contributed by atoms with Gasteiger partial charge in [0, 0.05) is 6.54 Å². The van der Waals surface area contributed by atoms with Crippen molar-refractivity contribution in [2.24, 2.45) is 5.92 Å². The van der Waals surface area contributed by atoms with Crippen LogP contribution in [0.3, 0.4) is 0 Å². The van der Waals surface area contributed by atoms with Gasteiger partial charge in [-0.2, -0.15) is 0 Å². The lowest BCUT2D eigenvalue weighted by molar-refractivity contribution is 0.312. The van der Waals surface area contributed by atoms with Gasteiger partial charge in [-0.25, -0.2) is 0 Å². The third-order valence-electron chi connectivity index (χ3n) is 3.52. The maximum atomic E-state index is 5.78. The standard InChI is InChI=1S/C16H25NO/c1-13(2)8-9-17-10-11-18-16-7-6-14-4-3-5-15(14)12-16/h6-7,12-13,17H,3-5,8-11H2,1-2H3. The summed E-state index contributed by atoms with van der Waals surface area (Å²) in [5, 5.41) is 3.41. The number of hydrogen-bond acceptors (Lipinski definition) is 2. The Bertz CT molecular complexity index is 373. The van der Waals surface area contributed by atoms with Crippen molar-refractivity contribution < 1.29 is 4.74 Å². The van der Waals surface area contributed by atoms with Gasteiger partial charge in [-0.15, -0.1) is 0 Å². The molecule has 0 saturated carbocycles. The molecule has 18 heavy (non-hydrogen) atoms. The topological polar surface area (TPSA) is 21.3 Å². The molecule has 0 saturated heterocycles. The first-order valence-electron chi connectivity index (χ1n) is 7.21. The molecule has 0 aromatic heterocycles. The average Bonchev–Trinajstić information content (AvgIpc) is 2.80. The lowest BCUT2D eigenvalue weighted by atomic mass is 10.1. The van der Waals surface area contributed by atoms with E-state index in [2.05, 4.69) is 37.4 Å². The molecular weight excluding hydrogens is 222 g/mol. The van der Waals surface area contributed by atoms with Crippen LogP contribution >= 0.6 is 0 Å². The van der Waals surface area contributed by atoms with Crippen molar-refractivity contribution in [1.82, 2.24) is 5.32 Å². The minimum Gasteiger partial charge on any atom is -0.492 e. The van der Waals surface area contributed by atoms with E-state index in [1.807, 2.05) is 0 Å². The summed E-state index contributed by atoms with van der Waals surface area (Å²) in [5.74, 6) is 1.80. The van der Waals surface area contributed by atoms with Gasteiger partial charge in [0.2, 0.25) is 0 Å². The van der Waals surface area contributed by atoms with Gasteiger partial charge in [-0.1, -0.05) is 19.9 Å². The molecule has 0 spiro atoms. The van der Waals surface area contributed by atoms with E-state index in [9.17, 15) is 0 Å². The van der Waals surface area contributed by atoms with E-state index in [0.29, 0.717) is 0 Å². The predicted octanol–water partition coefficient (Wildman–Crippen LogP) is 3.19. The van der Waals surface area contributed by atoms with Crippen LogP contribution in [0.2, 0.25) is 0 Å². The van der Waals surface area contributed by atoms with Gasteiger partial charge in [0.05, 0.1) is 0 Å². The Hall–Kier alpha value is -1.02. The minimum atomic E-state index is 0.761. The molecule has 0 amide bonds. The van der Waals surface area contributed by atoms with Crippen LogP contribution < -0.4 is 10.1 Å². The first kappa shape index (κ1) is 13.4. The molecule has 100 valence electrons. The van der Waals surface area contributed by atoms with Gasteiger partial charge in [-0.05, 0) is 61.4 Å². The minimum absolute atomic E-state index is 0.761. The monoisotopic (exact) mass is 247 g/mol. The quantitative estimate of drug-likeness (QED) is 0.747. The number of fused-ring (bicyclic) bond motifs is 1. The van der Waals surface area contributed by atoms with E-state index in [0.717, 1.165) is 31.4 Å². The molecule has 0 bridgehead atoms. The van der Waals surface area contributed by atoms with Crippen LogP contribution in [0.15, 0.2) is 18.2 Å². The number of nitrogens with one attached hydrogen (secondary N) is 1. The Morgan fingerprint density at radius 3 is 2.83 bits per heavy atom. The summed E-state index contributed by atoms with van der Waals surface area (Å²) < 4.78 is 5.78. The second-order valence-corrected chi connectivity index (χ2v) is 5.57. The molecule has 2 heteroatoms. The fourth-order valence-corrected chi connectivity index (χ4v) is 2.39. The summed E-state index contributed by atoms with van der Waals surface area (Å²) in [6, 6.07) is 6.55. The van der Waals surface area contributed by atoms with Crippen LogP contribution in [-0.2, 0) is 12.8 Å². The van der Waals surface area contributed by atoms with Crippen molar-refractivity contribution in [3.05, 3.63) is 29.3 Å². The molecule has 1 aromatic rings. The van der Waals surface area contributed by atoms with Crippen LogP contribution in [0.5, 0.6) is 5.75 Å². The van der Waals surface area contributed by atoms with Crippen molar-refractivity contribution in [2.75, 3.05) is 19.7 Å². The van der Waals surface area contributed by atoms with Crippen LogP contribution in [0.1, 0.15) is 37.8 Å². The summed E-state index contributed by atoms with van der Waals surface area (Å²) in [4.78, 5) is 0. The van der Waals surface area contributed by atoms with Gasteiger partial charge < -0.3 is 10.1 Å². The predicted molar refractivity (Wildman–Crippen MR) is 76.3 cm³/mol. The van der Waals surface area contributed by atoms with Crippen LogP contribution in [-0.4, -0.2) is 19.7 Å². The van der Waals surface area contributed by atoms with Crippen LogP contribution in [0, 0.1) is 5.92 Å². The second-order valence-electron chi connectivity index (χ2n) is 5.57.